The first-order valence-corrected chi connectivity index (χ1v) is 7.64. The Morgan fingerprint density at radius 2 is 1.95 bits per heavy atom. The third kappa shape index (κ3) is 5.13. The molecule has 1 amide bonds. The normalized spacial score (nSPS) is 23.2. The summed E-state index contributed by atoms with van der Waals surface area (Å²) in [5.74, 6) is -1.79. The zero-order valence-corrected chi connectivity index (χ0v) is 11.4. The molecule has 0 aliphatic carbocycles. The fourth-order valence-corrected chi connectivity index (χ4v) is 2.68. The standard InChI is InChI=1S/C10H18N2O6S/c1-2-12-19(16,17)6-5-11-9(13)7-3-4-8(18-7)10(14)15/h7-8,12H,2-6H2,1H3,(H,11,13)(H,14,15)/t7-,8+/m0/s1. The molecular formula is C10H18N2O6S. The van der Waals surface area contributed by atoms with E-state index in [1.54, 1.807) is 6.92 Å². The second kappa shape index (κ2) is 6.83. The van der Waals surface area contributed by atoms with E-state index < -0.39 is 34.1 Å². The molecule has 1 aliphatic heterocycles. The first-order chi connectivity index (χ1) is 8.85. The molecule has 1 rings (SSSR count). The molecule has 2 atom stereocenters. The average molecular weight is 294 g/mol. The molecule has 0 bridgehead atoms. The van der Waals surface area contributed by atoms with Crippen LogP contribution in [0.15, 0.2) is 0 Å². The van der Waals surface area contributed by atoms with E-state index in [1.165, 1.54) is 0 Å². The lowest BCUT2D eigenvalue weighted by molar-refractivity contribution is -0.151. The van der Waals surface area contributed by atoms with Crippen LogP contribution in [0, 0.1) is 0 Å². The van der Waals surface area contributed by atoms with Gasteiger partial charge in [0.05, 0.1) is 5.75 Å². The Morgan fingerprint density at radius 1 is 1.32 bits per heavy atom. The lowest BCUT2D eigenvalue weighted by Crippen LogP contribution is -2.39. The fraction of sp³-hybridized carbons (Fsp3) is 0.800. The maximum absolute atomic E-state index is 11.6. The minimum atomic E-state index is -3.37. The second-order valence-corrected chi connectivity index (χ2v) is 6.06. The van der Waals surface area contributed by atoms with Crippen molar-refractivity contribution in [2.24, 2.45) is 0 Å². The zero-order chi connectivity index (χ0) is 14.5. The van der Waals surface area contributed by atoms with Gasteiger partial charge in [-0.2, -0.15) is 0 Å². The van der Waals surface area contributed by atoms with Gasteiger partial charge in [-0.3, -0.25) is 4.79 Å². The molecule has 1 saturated heterocycles. The van der Waals surface area contributed by atoms with E-state index in [2.05, 4.69) is 10.0 Å². The monoisotopic (exact) mass is 294 g/mol. The van der Waals surface area contributed by atoms with Crippen molar-refractivity contribution < 1.29 is 27.9 Å². The van der Waals surface area contributed by atoms with Gasteiger partial charge in [0.2, 0.25) is 15.9 Å². The number of rotatable bonds is 7. The van der Waals surface area contributed by atoms with Crippen molar-refractivity contribution in [3.05, 3.63) is 0 Å². The van der Waals surface area contributed by atoms with E-state index in [1.807, 2.05) is 0 Å². The van der Waals surface area contributed by atoms with Crippen LogP contribution in [0.3, 0.4) is 0 Å². The summed E-state index contributed by atoms with van der Waals surface area (Å²) in [6.45, 7) is 1.92. The maximum atomic E-state index is 11.6. The number of carboxylic acid groups (broad SMARTS) is 1. The molecule has 0 unspecified atom stereocenters. The quantitative estimate of drug-likeness (QED) is 0.535. The van der Waals surface area contributed by atoms with Crippen LogP contribution in [0.2, 0.25) is 0 Å². The number of carbonyl (C=O) groups is 2. The first-order valence-electron chi connectivity index (χ1n) is 5.99. The molecule has 1 heterocycles. The van der Waals surface area contributed by atoms with Gasteiger partial charge in [-0.15, -0.1) is 0 Å². The van der Waals surface area contributed by atoms with Crippen LogP contribution in [0.1, 0.15) is 19.8 Å². The summed E-state index contributed by atoms with van der Waals surface area (Å²) in [5.41, 5.74) is 0. The summed E-state index contributed by atoms with van der Waals surface area (Å²) in [7, 11) is -3.37. The third-order valence-electron chi connectivity index (χ3n) is 2.62. The van der Waals surface area contributed by atoms with Gasteiger partial charge in [-0.25, -0.2) is 17.9 Å². The maximum Gasteiger partial charge on any atom is 0.332 e. The van der Waals surface area contributed by atoms with Gasteiger partial charge in [0.1, 0.15) is 6.10 Å². The summed E-state index contributed by atoms with van der Waals surface area (Å²) in [6.07, 6.45) is -1.17. The SMILES string of the molecule is CCNS(=O)(=O)CCNC(=O)[C@@H]1CC[C@H](C(=O)O)O1. The number of ether oxygens (including phenoxy) is 1. The van der Waals surface area contributed by atoms with Gasteiger partial charge in [0, 0.05) is 13.1 Å². The van der Waals surface area contributed by atoms with Crippen LogP contribution in [0.4, 0.5) is 0 Å². The Kier molecular flexibility index (Phi) is 5.70. The highest BCUT2D eigenvalue weighted by molar-refractivity contribution is 7.89. The molecule has 0 aromatic carbocycles. The molecule has 0 aromatic rings. The number of nitrogens with one attached hydrogen (secondary N) is 2. The lowest BCUT2D eigenvalue weighted by atomic mass is 10.2. The number of carboxylic acids is 1. The van der Waals surface area contributed by atoms with Gasteiger partial charge in [0.15, 0.2) is 6.10 Å². The first kappa shape index (κ1) is 15.9. The van der Waals surface area contributed by atoms with Gasteiger partial charge in [-0.1, -0.05) is 6.92 Å². The van der Waals surface area contributed by atoms with Crippen LogP contribution in [-0.4, -0.2) is 56.5 Å². The number of hydrogen-bond acceptors (Lipinski definition) is 5. The highest BCUT2D eigenvalue weighted by Crippen LogP contribution is 2.19. The van der Waals surface area contributed by atoms with Crippen LogP contribution < -0.4 is 10.0 Å². The molecule has 1 aliphatic rings. The molecule has 110 valence electrons. The summed E-state index contributed by atoms with van der Waals surface area (Å²) < 4.78 is 29.9. The van der Waals surface area contributed by atoms with Gasteiger partial charge in [0.25, 0.3) is 0 Å². The minimum Gasteiger partial charge on any atom is -0.479 e. The zero-order valence-electron chi connectivity index (χ0n) is 10.6. The molecule has 3 N–H and O–H groups in total. The molecular weight excluding hydrogens is 276 g/mol. The Labute approximate surface area is 111 Å². The van der Waals surface area contributed by atoms with Crippen molar-refractivity contribution in [2.75, 3.05) is 18.8 Å². The Morgan fingerprint density at radius 3 is 2.47 bits per heavy atom. The minimum absolute atomic E-state index is 0.0359. The lowest BCUT2D eigenvalue weighted by Gasteiger charge is -2.11. The topological polar surface area (TPSA) is 122 Å². The van der Waals surface area contributed by atoms with Crippen molar-refractivity contribution in [2.45, 2.75) is 32.0 Å². The Bertz CT molecular complexity index is 435. The van der Waals surface area contributed by atoms with Crippen LogP contribution in [-0.2, 0) is 24.3 Å². The molecule has 0 radical (unpaired) electrons. The van der Waals surface area contributed by atoms with E-state index in [9.17, 15) is 18.0 Å². The van der Waals surface area contributed by atoms with Crippen molar-refractivity contribution in [1.82, 2.24) is 10.0 Å². The van der Waals surface area contributed by atoms with Crippen molar-refractivity contribution in [3.63, 3.8) is 0 Å². The third-order valence-corrected chi connectivity index (χ3v) is 4.09. The second-order valence-electron chi connectivity index (χ2n) is 4.14. The summed E-state index contributed by atoms with van der Waals surface area (Å²) in [6, 6.07) is 0. The largest absolute Gasteiger partial charge is 0.479 e. The Balaban J connectivity index is 2.31. The number of sulfonamides is 1. The molecule has 19 heavy (non-hydrogen) atoms. The van der Waals surface area contributed by atoms with Crippen molar-refractivity contribution in [3.8, 4) is 0 Å². The van der Waals surface area contributed by atoms with Crippen LogP contribution in [0.25, 0.3) is 0 Å². The molecule has 0 spiro atoms. The molecule has 0 saturated carbocycles. The molecule has 1 fully saturated rings. The van der Waals surface area contributed by atoms with Gasteiger partial charge < -0.3 is 15.2 Å². The van der Waals surface area contributed by atoms with Crippen LogP contribution >= 0.6 is 0 Å². The number of aliphatic carboxylic acids is 1. The van der Waals surface area contributed by atoms with Gasteiger partial charge >= 0.3 is 5.97 Å². The van der Waals surface area contributed by atoms with E-state index in [0.29, 0.717) is 13.0 Å². The predicted molar refractivity (Wildman–Crippen MR) is 66.0 cm³/mol. The molecule has 0 aromatic heterocycles. The smallest absolute Gasteiger partial charge is 0.332 e. The molecule has 9 heteroatoms. The van der Waals surface area contributed by atoms with E-state index in [0.717, 1.165) is 0 Å². The van der Waals surface area contributed by atoms with E-state index in [4.69, 9.17) is 9.84 Å². The highest BCUT2D eigenvalue weighted by atomic mass is 32.2. The van der Waals surface area contributed by atoms with E-state index >= 15 is 0 Å². The van der Waals surface area contributed by atoms with E-state index in [-0.39, 0.29) is 18.7 Å². The van der Waals surface area contributed by atoms with Crippen molar-refractivity contribution >= 4 is 21.9 Å². The Hall–Kier alpha value is -1.19. The molecule has 8 nitrogen and oxygen atoms in total. The summed E-state index contributed by atoms with van der Waals surface area (Å²) in [5, 5.41) is 11.1. The average Bonchev–Trinajstić information content (AvgIpc) is 2.77. The predicted octanol–water partition coefficient (Wildman–Crippen LogP) is -1.33. The number of carbonyl (C=O) groups excluding carboxylic acids is 1. The summed E-state index contributed by atoms with van der Waals surface area (Å²) >= 11 is 0. The number of hydrogen-bond donors (Lipinski definition) is 3. The van der Waals surface area contributed by atoms with Crippen LogP contribution in [0.5, 0.6) is 0 Å². The number of amides is 1. The summed E-state index contributed by atoms with van der Waals surface area (Å²) in [4.78, 5) is 22.3. The fourth-order valence-electron chi connectivity index (χ4n) is 1.73. The highest BCUT2D eigenvalue weighted by Gasteiger charge is 2.34. The van der Waals surface area contributed by atoms with Gasteiger partial charge in [-0.05, 0) is 12.8 Å². The van der Waals surface area contributed by atoms with Crippen molar-refractivity contribution in [1.29, 1.82) is 0 Å².